The normalized spacial score (nSPS) is 10.4. The predicted molar refractivity (Wildman–Crippen MR) is 78.0 cm³/mol. The number of aryl methyl sites for hydroxylation is 2. The number of hydrogen-bond acceptors (Lipinski definition) is 3. The van der Waals surface area contributed by atoms with Gasteiger partial charge >= 0.3 is 0 Å². The zero-order chi connectivity index (χ0) is 14.7. The molecule has 2 rings (SSSR count). The highest BCUT2D eigenvalue weighted by Crippen LogP contribution is 2.18. The van der Waals surface area contributed by atoms with Crippen molar-refractivity contribution in [3.8, 4) is 5.75 Å². The van der Waals surface area contributed by atoms with E-state index < -0.39 is 0 Å². The molecule has 5 heteroatoms. The zero-order valence-corrected chi connectivity index (χ0v) is 12.2. The van der Waals surface area contributed by atoms with E-state index in [4.69, 9.17) is 4.74 Å². The third-order valence-electron chi connectivity index (χ3n) is 3.35. The van der Waals surface area contributed by atoms with E-state index in [2.05, 4.69) is 10.4 Å². The molecule has 0 fully saturated rings. The second-order valence-corrected chi connectivity index (χ2v) is 4.73. The smallest absolute Gasteiger partial charge is 0.228 e. The Morgan fingerprint density at radius 3 is 2.75 bits per heavy atom. The minimum Gasteiger partial charge on any atom is -0.497 e. The van der Waals surface area contributed by atoms with Crippen molar-refractivity contribution in [2.45, 2.75) is 20.3 Å². The van der Waals surface area contributed by atoms with Crippen molar-refractivity contribution in [1.29, 1.82) is 0 Å². The molecule has 0 aliphatic carbocycles. The summed E-state index contributed by atoms with van der Waals surface area (Å²) in [4.78, 5) is 12.1. The number of aromatic nitrogens is 2. The van der Waals surface area contributed by atoms with Gasteiger partial charge in [-0.25, -0.2) is 0 Å². The van der Waals surface area contributed by atoms with Crippen molar-refractivity contribution in [3.05, 3.63) is 41.2 Å². The molecule has 0 spiro atoms. The molecule has 0 atom stereocenters. The Hall–Kier alpha value is -2.30. The molecule has 1 aromatic carbocycles. The monoisotopic (exact) mass is 273 g/mol. The standard InChI is InChI=1S/C15H19N3O2/c1-10-14(11(2)18(3)17-10)9-15(19)16-12-6-5-7-13(8-12)20-4/h5-8H,9H2,1-4H3,(H,16,19). The van der Waals surface area contributed by atoms with Crippen LogP contribution in [0.2, 0.25) is 0 Å². The lowest BCUT2D eigenvalue weighted by atomic mass is 10.1. The summed E-state index contributed by atoms with van der Waals surface area (Å²) in [7, 11) is 3.48. The van der Waals surface area contributed by atoms with Crippen molar-refractivity contribution in [2.75, 3.05) is 12.4 Å². The van der Waals surface area contributed by atoms with E-state index in [9.17, 15) is 4.79 Å². The number of hydrogen-bond donors (Lipinski definition) is 1. The van der Waals surface area contributed by atoms with Gasteiger partial charge in [0.15, 0.2) is 0 Å². The van der Waals surface area contributed by atoms with Crippen LogP contribution in [0.4, 0.5) is 5.69 Å². The molecule has 1 heterocycles. The van der Waals surface area contributed by atoms with Crippen LogP contribution in [-0.2, 0) is 18.3 Å². The predicted octanol–water partition coefficient (Wildman–Crippen LogP) is 2.23. The molecule has 0 aliphatic heterocycles. The second-order valence-electron chi connectivity index (χ2n) is 4.73. The highest BCUT2D eigenvalue weighted by atomic mass is 16.5. The van der Waals surface area contributed by atoms with Gasteiger partial charge in [-0.05, 0) is 26.0 Å². The van der Waals surface area contributed by atoms with E-state index in [0.717, 1.165) is 28.4 Å². The lowest BCUT2D eigenvalue weighted by Gasteiger charge is -2.07. The van der Waals surface area contributed by atoms with E-state index in [1.54, 1.807) is 17.9 Å². The van der Waals surface area contributed by atoms with Crippen LogP contribution in [0.3, 0.4) is 0 Å². The fourth-order valence-corrected chi connectivity index (χ4v) is 2.14. The minimum atomic E-state index is -0.0579. The molecular formula is C15H19N3O2. The second kappa shape index (κ2) is 5.77. The summed E-state index contributed by atoms with van der Waals surface area (Å²) in [6, 6.07) is 7.31. The van der Waals surface area contributed by atoms with Crippen LogP contribution < -0.4 is 10.1 Å². The van der Waals surface area contributed by atoms with Crippen molar-refractivity contribution in [3.63, 3.8) is 0 Å². The molecule has 1 amide bonds. The summed E-state index contributed by atoms with van der Waals surface area (Å²) in [5.41, 5.74) is 3.62. The van der Waals surface area contributed by atoms with Crippen LogP contribution in [0, 0.1) is 13.8 Å². The number of anilines is 1. The molecule has 0 unspecified atom stereocenters. The lowest BCUT2D eigenvalue weighted by Crippen LogP contribution is -2.15. The highest BCUT2D eigenvalue weighted by molar-refractivity contribution is 5.92. The topological polar surface area (TPSA) is 56.1 Å². The zero-order valence-electron chi connectivity index (χ0n) is 12.2. The number of carbonyl (C=O) groups is 1. The first-order chi connectivity index (χ1) is 9.51. The van der Waals surface area contributed by atoms with Gasteiger partial charge < -0.3 is 10.1 Å². The minimum absolute atomic E-state index is 0.0579. The van der Waals surface area contributed by atoms with Crippen LogP contribution in [-0.4, -0.2) is 22.8 Å². The summed E-state index contributed by atoms with van der Waals surface area (Å²) < 4.78 is 6.93. The van der Waals surface area contributed by atoms with Gasteiger partial charge in [-0.1, -0.05) is 6.07 Å². The first-order valence-electron chi connectivity index (χ1n) is 6.44. The number of nitrogens with one attached hydrogen (secondary N) is 1. The van der Waals surface area contributed by atoms with Gasteiger partial charge in [0.2, 0.25) is 5.91 Å². The third kappa shape index (κ3) is 2.99. The maximum atomic E-state index is 12.1. The quantitative estimate of drug-likeness (QED) is 0.929. The average molecular weight is 273 g/mol. The molecule has 0 aliphatic rings. The number of benzene rings is 1. The van der Waals surface area contributed by atoms with E-state index in [0.29, 0.717) is 6.42 Å². The molecular weight excluding hydrogens is 254 g/mol. The summed E-state index contributed by atoms with van der Waals surface area (Å²) >= 11 is 0. The van der Waals surface area contributed by atoms with Gasteiger partial charge in [-0.2, -0.15) is 5.10 Å². The first-order valence-corrected chi connectivity index (χ1v) is 6.44. The number of amides is 1. The average Bonchev–Trinajstić information content (AvgIpc) is 2.65. The number of nitrogens with zero attached hydrogens (tertiary/aromatic N) is 2. The molecule has 1 aromatic heterocycles. The summed E-state index contributed by atoms with van der Waals surface area (Å²) in [5.74, 6) is 0.661. The van der Waals surface area contributed by atoms with Gasteiger partial charge in [-0.3, -0.25) is 9.48 Å². The summed E-state index contributed by atoms with van der Waals surface area (Å²) in [5, 5.41) is 7.19. The number of methoxy groups -OCH3 is 1. The fraction of sp³-hybridized carbons (Fsp3) is 0.333. The van der Waals surface area contributed by atoms with Gasteiger partial charge in [0.25, 0.3) is 0 Å². The van der Waals surface area contributed by atoms with Crippen molar-refractivity contribution >= 4 is 11.6 Å². The molecule has 1 N–H and O–H groups in total. The van der Waals surface area contributed by atoms with Crippen LogP contribution in [0.1, 0.15) is 17.0 Å². The Kier molecular flexibility index (Phi) is 4.08. The van der Waals surface area contributed by atoms with E-state index in [1.165, 1.54) is 0 Å². The van der Waals surface area contributed by atoms with Crippen LogP contribution in [0.5, 0.6) is 5.75 Å². The molecule has 0 bridgehead atoms. The van der Waals surface area contributed by atoms with Crippen LogP contribution >= 0.6 is 0 Å². The molecule has 0 saturated heterocycles. The number of ether oxygens (including phenoxy) is 1. The summed E-state index contributed by atoms with van der Waals surface area (Å²) in [6.07, 6.45) is 0.322. The van der Waals surface area contributed by atoms with E-state index in [1.807, 2.05) is 39.1 Å². The van der Waals surface area contributed by atoms with Crippen molar-refractivity contribution in [1.82, 2.24) is 9.78 Å². The Balaban J connectivity index is 2.09. The molecule has 2 aromatic rings. The number of carbonyl (C=O) groups excluding carboxylic acids is 1. The maximum absolute atomic E-state index is 12.1. The highest BCUT2D eigenvalue weighted by Gasteiger charge is 2.13. The van der Waals surface area contributed by atoms with E-state index in [-0.39, 0.29) is 5.91 Å². The Morgan fingerprint density at radius 1 is 1.40 bits per heavy atom. The Morgan fingerprint density at radius 2 is 2.15 bits per heavy atom. The molecule has 5 nitrogen and oxygen atoms in total. The summed E-state index contributed by atoms with van der Waals surface area (Å²) in [6.45, 7) is 3.88. The largest absolute Gasteiger partial charge is 0.497 e. The van der Waals surface area contributed by atoms with Gasteiger partial charge in [0, 0.05) is 30.1 Å². The van der Waals surface area contributed by atoms with Gasteiger partial charge in [0.1, 0.15) is 5.75 Å². The van der Waals surface area contributed by atoms with E-state index >= 15 is 0 Å². The van der Waals surface area contributed by atoms with Gasteiger partial charge in [0.05, 0.1) is 19.2 Å². The SMILES string of the molecule is COc1cccc(NC(=O)Cc2c(C)nn(C)c2C)c1. The van der Waals surface area contributed by atoms with Crippen molar-refractivity contribution in [2.24, 2.45) is 7.05 Å². The van der Waals surface area contributed by atoms with Crippen LogP contribution in [0.25, 0.3) is 0 Å². The maximum Gasteiger partial charge on any atom is 0.228 e. The molecule has 0 saturated carbocycles. The Bertz CT molecular complexity index is 632. The fourth-order valence-electron chi connectivity index (χ4n) is 2.14. The molecule has 106 valence electrons. The number of rotatable bonds is 4. The van der Waals surface area contributed by atoms with Gasteiger partial charge in [-0.15, -0.1) is 0 Å². The first kappa shape index (κ1) is 14.1. The van der Waals surface area contributed by atoms with Crippen LogP contribution in [0.15, 0.2) is 24.3 Å². The molecule has 20 heavy (non-hydrogen) atoms. The third-order valence-corrected chi connectivity index (χ3v) is 3.35. The Labute approximate surface area is 118 Å². The van der Waals surface area contributed by atoms with Crippen molar-refractivity contribution < 1.29 is 9.53 Å². The molecule has 0 radical (unpaired) electrons. The lowest BCUT2D eigenvalue weighted by molar-refractivity contribution is -0.115.